The number of hydrogen-bond donors (Lipinski definition) is 4. The maximum absolute atomic E-state index is 8.74. The van der Waals surface area contributed by atoms with Gasteiger partial charge in [-0.2, -0.15) is 0 Å². The van der Waals surface area contributed by atoms with Crippen molar-refractivity contribution in [2.75, 3.05) is 4.98 Å². The summed E-state index contributed by atoms with van der Waals surface area (Å²) in [6.45, 7) is 0. The molecule has 0 aliphatic rings. The molecular formula is C6H7Cl2NO3Si. The van der Waals surface area contributed by atoms with Gasteiger partial charge in [-0.25, -0.2) is 0 Å². The number of benzene rings is 1. The van der Waals surface area contributed by atoms with Crippen LogP contribution in [0.1, 0.15) is 0 Å². The first-order chi connectivity index (χ1) is 5.90. The monoisotopic (exact) mass is 239 g/mol. The van der Waals surface area contributed by atoms with Gasteiger partial charge in [0.2, 0.25) is 0 Å². The fourth-order valence-corrected chi connectivity index (χ4v) is 2.04. The second-order valence-electron chi connectivity index (χ2n) is 2.36. The number of nitrogens with one attached hydrogen (secondary N) is 1. The van der Waals surface area contributed by atoms with Crippen LogP contribution < -0.4 is 4.98 Å². The Balaban J connectivity index is 3.00. The lowest BCUT2D eigenvalue weighted by atomic mass is 10.3. The van der Waals surface area contributed by atoms with Crippen molar-refractivity contribution in [1.29, 1.82) is 0 Å². The zero-order chi connectivity index (χ0) is 10.1. The van der Waals surface area contributed by atoms with Crippen molar-refractivity contribution in [3.05, 3.63) is 28.2 Å². The third kappa shape index (κ3) is 3.15. The molecule has 0 bridgehead atoms. The van der Waals surface area contributed by atoms with Crippen molar-refractivity contribution in [1.82, 2.24) is 0 Å². The molecule has 0 spiro atoms. The summed E-state index contributed by atoms with van der Waals surface area (Å²) in [4.78, 5) is 28.3. The molecule has 72 valence electrons. The molecule has 0 aliphatic carbocycles. The van der Waals surface area contributed by atoms with Gasteiger partial charge in [0.25, 0.3) is 0 Å². The minimum absolute atomic E-state index is 0.116. The Hall–Kier alpha value is -0.303. The Labute approximate surface area is 85.8 Å². The molecule has 0 amide bonds. The van der Waals surface area contributed by atoms with Crippen LogP contribution in [0.2, 0.25) is 10.0 Å². The van der Waals surface area contributed by atoms with E-state index in [0.29, 0.717) is 0 Å². The molecule has 0 heterocycles. The maximum Gasteiger partial charge on any atom is 0.622 e. The molecule has 0 atom stereocenters. The molecule has 0 saturated carbocycles. The minimum atomic E-state index is -4.38. The number of hydrogen-bond acceptors (Lipinski definition) is 4. The Morgan fingerprint density at radius 1 is 1.08 bits per heavy atom. The van der Waals surface area contributed by atoms with Crippen molar-refractivity contribution in [2.24, 2.45) is 0 Å². The van der Waals surface area contributed by atoms with Gasteiger partial charge in [-0.15, -0.1) is 0 Å². The van der Waals surface area contributed by atoms with Gasteiger partial charge in [0.15, 0.2) is 0 Å². The first-order valence-corrected chi connectivity index (χ1v) is 5.89. The smallest absolute Gasteiger partial charge is 0.373 e. The Kier molecular flexibility index (Phi) is 3.17. The average Bonchev–Trinajstić information content (AvgIpc) is 1.95. The van der Waals surface area contributed by atoms with Crippen molar-refractivity contribution >= 4 is 37.9 Å². The standard InChI is InChI=1S/C6H7Cl2NO3Si/c7-4-2-1-3-5(8)6(4)9-13(10,11)12/h1-3,9-12H. The molecule has 0 saturated heterocycles. The normalized spacial score (nSPS) is 11.5. The molecule has 0 radical (unpaired) electrons. The molecule has 0 aromatic heterocycles. The zero-order valence-electron chi connectivity index (χ0n) is 6.33. The fourth-order valence-electron chi connectivity index (χ4n) is 0.785. The van der Waals surface area contributed by atoms with E-state index in [2.05, 4.69) is 4.98 Å². The molecule has 0 aliphatic heterocycles. The van der Waals surface area contributed by atoms with Crippen LogP contribution in [0, 0.1) is 0 Å². The Morgan fingerprint density at radius 3 is 1.92 bits per heavy atom. The van der Waals surface area contributed by atoms with Gasteiger partial charge in [-0.1, -0.05) is 29.3 Å². The molecule has 1 aromatic carbocycles. The van der Waals surface area contributed by atoms with Crippen LogP contribution in [0.3, 0.4) is 0 Å². The lowest BCUT2D eigenvalue weighted by molar-refractivity contribution is 0.239. The first-order valence-electron chi connectivity index (χ1n) is 3.29. The third-order valence-corrected chi connectivity index (χ3v) is 2.47. The van der Waals surface area contributed by atoms with Gasteiger partial charge < -0.3 is 19.4 Å². The van der Waals surface area contributed by atoms with E-state index in [-0.39, 0.29) is 15.7 Å². The van der Waals surface area contributed by atoms with Gasteiger partial charge >= 0.3 is 8.97 Å². The van der Waals surface area contributed by atoms with Gasteiger partial charge in [0.1, 0.15) is 0 Å². The van der Waals surface area contributed by atoms with E-state index in [1.54, 1.807) is 6.07 Å². The SMILES string of the molecule is O[Si](O)(O)Nc1c(Cl)cccc1Cl. The second-order valence-corrected chi connectivity index (χ2v) is 4.69. The highest BCUT2D eigenvalue weighted by atomic mass is 35.5. The molecule has 13 heavy (non-hydrogen) atoms. The van der Waals surface area contributed by atoms with Gasteiger partial charge in [0, 0.05) is 0 Å². The van der Waals surface area contributed by atoms with Gasteiger partial charge in [-0.3, -0.25) is 0 Å². The molecule has 0 unspecified atom stereocenters. The van der Waals surface area contributed by atoms with Crippen LogP contribution >= 0.6 is 23.2 Å². The van der Waals surface area contributed by atoms with Crippen LogP contribution in [-0.4, -0.2) is 23.4 Å². The maximum atomic E-state index is 8.74. The lowest BCUT2D eigenvalue weighted by Gasteiger charge is -2.14. The molecule has 4 nitrogen and oxygen atoms in total. The number of anilines is 1. The Bertz CT molecular complexity index is 295. The van der Waals surface area contributed by atoms with E-state index in [1.807, 2.05) is 0 Å². The first kappa shape index (κ1) is 10.8. The summed E-state index contributed by atoms with van der Waals surface area (Å²) in [5.74, 6) is 0. The summed E-state index contributed by atoms with van der Waals surface area (Å²) in [6, 6.07) is 4.62. The minimum Gasteiger partial charge on any atom is -0.373 e. The second kappa shape index (κ2) is 3.83. The van der Waals surface area contributed by atoms with Gasteiger partial charge in [-0.05, 0) is 12.1 Å². The van der Waals surface area contributed by atoms with Crippen LogP contribution in [-0.2, 0) is 0 Å². The summed E-state index contributed by atoms with van der Waals surface area (Å²) in [7, 11) is -4.38. The fraction of sp³-hybridized carbons (Fsp3) is 0. The lowest BCUT2D eigenvalue weighted by Crippen LogP contribution is -2.44. The van der Waals surface area contributed by atoms with Crippen LogP contribution in [0.15, 0.2) is 18.2 Å². The summed E-state index contributed by atoms with van der Waals surface area (Å²) < 4.78 is 0. The molecule has 1 aromatic rings. The number of para-hydroxylation sites is 1. The molecular weight excluding hydrogens is 233 g/mol. The highest BCUT2D eigenvalue weighted by Gasteiger charge is 2.29. The molecule has 1 rings (SSSR count). The predicted octanol–water partition coefficient (Wildman–Crippen LogP) is 0.818. The van der Waals surface area contributed by atoms with E-state index in [0.717, 1.165) is 0 Å². The topological polar surface area (TPSA) is 72.7 Å². The highest BCUT2D eigenvalue weighted by molar-refractivity contribution is 6.61. The third-order valence-electron chi connectivity index (χ3n) is 1.26. The number of rotatable bonds is 2. The largest absolute Gasteiger partial charge is 0.622 e. The molecule has 7 heteroatoms. The Morgan fingerprint density at radius 2 is 1.54 bits per heavy atom. The summed E-state index contributed by atoms with van der Waals surface area (Å²) in [6.07, 6.45) is 0. The van der Waals surface area contributed by atoms with Crippen LogP contribution in [0.25, 0.3) is 0 Å². The van der Waals surface area contributed by atoms with E-state index in [1.165, 1.54) is 12.1 Å². The molecule has 0 fully saturated rings. The number of halogens is 2. The zero-order valence-corrected chi connectivity index (χ0v) is 8.84. The summed E-state index contributed by atoms with van der Waals surface area (Å²) >= 11 is 11.4. The predicted molar refractivity (Wildman–Crippen MR) is 52.5 cm³/mol. The van der Waals surface area contributed by atoms with Crippen LogP contribution in [0.4, 0.5) is 5.69 Å². The quantitative estimate of drug-likeness (QED) is 0.577. The molecule has 4 N–H and O–H groups in total. The van der Waals surface area contributed by atoms with E-state index < -0.39 is 8.97 Å². The van der Waals surface area contributed by atoms with E-state index in [9.17, 15) is 0 Å². The van der Waals surface area contributed by atoms with E-state index >= 15 is 0 Å². The van der Waals surface area contributed by atoms with Gasteiger partial charge in [0.05, 0.1) is 15.7 Å². The highest BCUT2D eigenvalue weighted by Crippen LogP contribution is 2.30. The summed E-state index contributed by atoms with van der Waals surface area (Å²) in [5, 5.41) is 0.419. The summed E-state index contributed by atoms with van der Waals surface area (Å²) in [5.41, 5.74) is 0.116. The average molecular weight is 240 g/mol. The van der Waals surface area contributed by atoms with Crippen molar-refractivity contribution in [3.63, 3.8) is 0 Å². The van der Waals surface area contributed by atoms with E-state index in [4.69, 9.17) is 37.6 Å². The van der Waals surface area contributed by atoms with Crippen LogP contribution in [0.5, 0.6) is 0 Å². The van der Waals surface area contributed by atoms with Crippen molar-refractivity contribution in [2.45, 2.75) is 0 Å². The van der Waals surface area contributed by atoms with Crippen molar-refractivity contribution in [3.8, 4) is 0 Å². The van der Waals surface area contributed by atoms with Crippen molar-refractivity contribution < 1.29 is 14.4 Å².